The smallest absolute Gasteiger partial charge is 0.481 e. The number of carboxylic acid groups (broad SMARTS) is 1. The Kier molecular flexibility index (Phi) is 8.18. The van der Waals surface area contributed by atoms with E-state index in [0.29, 0.717) is 19.1 Å². The summed E-state index contributed by atoms with van der Waals surface area (Å²) in [4.78, 5) is 15.6. The van der Waals surface area contributed by atoms with Crippen molar-refractivity contribution in [2.75, 3.05) is 26.9 Å². The number of alkyl halides is 3. The number of aryl methyl sites for hydroxylation is 1. The number of methoxy groups -OCH3 is 1. The molecule has 1 N–H and O–H groups in total. The number of aromatic nitrogens is 3. The van der Waals surface area contributed by atoms with Gasteiger partial charge >= 0.3 is 12.1 Å². The van der Waals surface area contributed by atoms with E-state index in [1.807, 2.05) is 30.9 Å². The maximum absolute atomic E-state index is 10.6. The van der Waals surface area contributed by atoms with E-state index in [1.54, 1.807) is 13.3 Å². The Morgan fingerprint density at radius 3 is 2.70 bits per heavy atom. The number of aliphatic carboxylic acids is 1. The number of pyridine rings is 1. The topological polar surface area (TPSA) is 89.7 Å². The lowest BCUT2D eigenvalue weighted by molar-refractivity contribution is -0.192. The summed E-state index contributed by atoms with van der Waals surface area (Å²) < 4.78 is 44.9. The van der Waals surface area contributed by atoms with Gasteiger partial charge in [0.05, 0.1) is 31.6 Å². The minimum absolute atomic E-state index is 0.205. The number of halogens is 3. The first-order chi connectivity index (χ1) is 14.2. The zero-order valence-electron chi connectivity index (χ0n) is 17.0. The Morgan fingerprint density at radius 2 is 2.10 bits per heavy atom. The van der Waals surface area contributed by atoms with Crippen LogP contribution in [0.5, 0.6) is 5.88 Å². The van der Waals surface area contributed by atoms with Crippen LogP contribution in [0.1, 0.15) is 29.8 Å². The fourth-order valence-electron chi connectivity index (χ4n) is 3.26. The summed E-state index contributed by atoms with van der Waals surface area (Å²) >= 11 is 0. The van der Waals surface area contributed by atoms with Crippen LogP contribution in [0.15, 0.2) is 24.5 Å². The van der Waals surface area contributed by atoms with Crippen LogP contribution in [0.3, 0.4) is 0 Å². The van der Waals surface area contributed by atoms with Crippen LogP contribution >= 0.6 is 0 Å². The molecule has 0 aromatic carbocycles. The lowest BCUT2D eigenvalue weighted by Crippen LogP contribution is -2.38. The molecule has 2 aromatic heterocycles. The number of rotatable bonds is 6. The van der Waals surface area contributed by atoms with Gasteiger partial charge in [-0.2, -0.15) is 18.3 Å². The maximum Gasteiger partial charge on any atom is 0.490 e. The second-order valence-corrected chi connectivity index (χ2v) is 6.55. The standard InChI is InChI=1S/C17H24N4O2.C2HF3O2/c1-4-23-12-15-16-13(10-19-20(16)2)7-9-21(15)11-14-6-5-8-18-17(14)22-3;3-2(4,5)1(6)7/h5-6,8,10,15H,4,7,9,11-12H2,1-3H3;(H,6,7). The molecule has 2 aromatic rings. The number of fused-ring (bicyclic) bond motifs is 1. The number of nitrogens with zero attached hydrogens (tertiary/aromatic N) is 4. The number of carbonyl (C=O) groups is 1. The van der Waals surface area contributed by atoms with Gasteiger partial charge < -0.3 is 14.6 Å². The largest absolute Gasteiger partial charge is 0.490 e. The van der Waals surface area contributed by atoms with E-state index < -0.39 is 12.1 Å². The molecule has 1 unspecified atom stereocenters. The third kappa shape index (κ3) is 5.92. The molecule has 3 rings (SSSR count). The monoisotopic (exact) mass is 430 g/mol. The van der Waals surface area contributed by atoms with Crippen molar-refractivity contribution in [3.63, 3.8) is 0 Å². The molecule has 11 heteroatoms. The maximum atomic E-state index is 10.6. The van der Waals surface area contributed by atoms with E-state index in [-0.39, 0.29) is 6.04 Å². The summed E-state index contributed by atoms with van der Waals surface area (Å²) in [6, 6.07) is 4.23. The molecule has 0 spiro atoms. The van der Waals surface area contributed by atoms with Crippen molar-refractivity contribution in [3.8, 4) is 5.88 Å². The quantitative estimate of drug-likeness (QED) is 0.754. The van der Waals surface area contributed by atoms with E-state index in [4.69, 9.17) is 19.4 Å². The van der Waals surface area contributed by atoms with Crippen LogP contribution in [0.4, 0.5) is 13.2 Å². The summed E-state index contributed by atoms with van der Waals surface area (Å²) in [5, 5.41) is 11.6. The van der Waals surface area contributed by atoms with E-state index in [1.165, 1.54) is 11.3 Å². The second kappa shape index (κ2) is 10.4. The van der Waals surface area contributed by atoms with Crippen molar-refractivity contribution >= 4 is 5.97 Å². The molecule has 0 bridgehead atoms. The van der Waals surface area contributed by atoms with Crippen LogP contribution in [0.25, 0.3) is 0 Å². The average Bonchev–Trinajstić information content (AvgIpc) is 3.08. The highest BCUT2D eigenvalue weighted by Crippen LogP contribution is 2.32. The number of hydrogen-bond acceptors (Lipinski definition) is 6. The zero-order chi connectivity index (χ0) is 22.3. The lowest BCUT2D eigenvalue weighted by Gasteiger charge is -2.36. The summed E-state index contributed by atoms with van der Waals surface area (Å²) in [6.07, 6.45) is -0.333. The lowest BCUT2D eigenvalue weighted by atomic mass is 9.99. The molecule has 0 saturated carbocycles. The highest BCUT2D eigenvalue weighted by atomic mass is 19.4. The van der Waals surface area contributed by atoms with Crippen molar-refractivity contribution < 1.29 is 32.5 Å². The van der Waals surface area contributed by atoms with Crippen molar-refractivity contribution in [1.29, 1.82) is 0 Å². The van der Waals surface area contributed by atoms with Crippen molar-refractivity contribution in [2.45, 2.75) is 32.1 Å². The van der Waals surface area contributed by atoms with Gasteiger partial charge in [-0.3, -0.25) is 9.58 Å². The summed E-state index contributed by atoms with van der Waals surface area (Å²) in [7, 11) is 3.67. The fourth-order valence-corrected chi connectivity index (χ4v) is 3.26. The SMILES string of the molecule is CCOCC1c2c(cnn2C)CCN1Cc1cccnc1OC.O=C(O)C(F)(F)F. The van der Waals surface area contributed by atoms with Gasteiger partial charge in [-0.1, -0.05) is 6.07 Å². The number of hydrogen-bond donors (Lipinski definition) is 1. The van der Waals surface area contributed by atoms with Crippen molar-refractivity contribution in [1.82, 2.24) is 19.7 Å². The summed E-state index contributed by atoms with van der Waals surface area (Å²) in [5.41, 5.74) is 3.68. The van der Waals surface area contributed by atoms with Gasteiger partial charge in [-0.25, -0.2) is 9.78 Å². The zero-order valence-corrected chi connectivity index (χ0v) is 17.0. The molecular weight excluding hydrogens is 405 g/mol. The molecule has 0 saturated heterocycles. The predicted molar refractivity (Wildman–Crippen MR) is 101 cm³/mol. The van der Waals surface area contributed by atoms with Crippen LogP contribution < -0.4 is 4.74 Å². The van der Waals surface area contributed by atoms with Gasteiger partial charge in [-0.15, -0.1) is 0 Å². The third-order valence-electron chi connectivity index (χ3n) is 4.63. The van der Waals surface area contributed by atoms with Crippen molar-refractivity contribution in [3.05, 3.63) is 41.3 Å². The summed E-state index contributed by atoms with van der Waals surface area (Å²) in [6.45, 7) is 5.19. The van der Waals surface area contributed by atoms with Gasteiger partial charge in [0.15, 0.2) is 0 Å². The first kappa shape index (κ1) is 23.6. The Bertz CT molecular complexity index is 841. The predicted octanol–water partition coefficient (Wildman–Crippen LogP) is 2.59. The van der Waals surface area contributed by atoms with Gasteiger partial charge in [0, 0.05) is 38.5 Å². The molecule has 8 nitrogen and oxygen atoms in total. The minimum atomic E-state index is -5.08. The van der Waals surface area contributed by atoms with Gasteiger partial charge in [0.1, 0.15) is 0 Å². The molecule has 0 fully saturated rings. The molecule has 0 amide bonds. The van der Waals surface area contributed by atoms with Crippen molar-refractivity contribution in [2.24, 2.45) is 7.05 Å². The minimum Gasteiger partial charge on any atom is -0.481 e. The molecule has 1 aliphatic rings. The second-order valence-electron chi connectivity index (χ2n) is 6.55. The molecule has 0 radical (unpaired) electrons. The van der Waals surface area contributed by atoms with E-state index in [0.717, 1.165) is 25.1 Å². The average molecular weight is 430 g/mol. The Labute approximate surface area is 172 Å². The van der Waals surface area contributed by atoms with E-state index in [9.17, 15) is 13.2 Å². The normalized spacial score (nSPS) is 16.4. The molecule has 0 aliphatic carbocycles. The van der Waals surface area contributed by atoms with Crippen LogP contribution in [0, 0.1) is 0 Å². The number of carboxylic acids is 1. The molecule has 1 aliphatic heterocycles. The van der Waals surface area contributed by atoms with Crippen LogP contribution in [-0.4, -0.2) is 63.8 Å². The number of ether oxygens (including phenoxy) is 2. The van der Waals surface area contributed by atoms with Gasteiger partial charge in [0.2, 0.25) is 5.88 Å². The Balaban J connectivity index is 0.000000396. The van der Waals surface area contributed by atoms with Gasteiger partial charge in [-0.05, 0) is 25.0 Å². The highest BCUT2D eigenvalue weighted by molar-refractivity contribution is 5.73. The van der Waals surface area contributed by atoms with E-state index in [2.05, 4.69) is 21.0 Å². The molecular formula is C19H25F3N4O4. The third-order valence-corrected chi connectivity index (χ3v) is 4.63. The van der Waals surface area contributed by atoms with E-state index >= 15 is 0 Å². The van der Waals surface area contributed by atoms with Gasteiger partial charge in [0.25, 0.3) is 0 Å². The van der Waals surface area contributed by atoms with Crippen LogP contribution in [0.2, 0.25) is 0 Å². The summed E-state index contributed by atoms with van der Waals surface area (Å²) in [5.74, 6) is -2.06. The highest BCUT2D eigenvalue weighted by Gasteiger charge is 2.38. The first-order valence-electron chi connectivity index (χ1n) is 9.29. The molecule has 3 heterocycles. The van der Waals surface area contributed by atoms with Crippen LogP contribution in [-0.2, 0) is 29.5 Å². The first-order valence-corrected chi connectivity index (χ1v) is 9.29. The molecule has 1 atom stereocenters. The fraction of sp³-hybridized carbons (Fsp3) is 0.526. The Morgan fingerprint density at radius 1 is 1.40 bits per heavy atom. The molecule has 166 valence electrons. The Hall–Kier alpha value is -2.66. The molecule has 30 heavy (non-hydrogen) atoms.